The van der Waals surface area contributed by atoms with E-state index < -0.39 is 36.0 Å². The molecule has 18 nitrogen and oxygen atoms in total. The molecule has 6 aromatic rings. The highest BCUT2D eigenvalue weighted by molar-refractivity contribution is 7.15. The number of fused-ring (bicyclic) bond motifs is 3. The van der Waals surface area contributed by atoms with Gasteiger partial charge in [-0.25, -0.2) is 4.79 Å². The summed E-state index contributed by atoms with van der Waals surface area (Å²) in [5, 5.41) is 16.9. The number of unbranched alkanes of at least 4 members (excludes halogenated alkanes) is 3. The van der Waals surface area contributed by atoms with Crippen molar-refractivity contribution in [3.8, 4) is 39.5 Å². The number of carbonyl (C=O) groups excluding carboxylic acids is 4. The molecule has 0 radical (unpaired) electrons. The van der Waals surface area contributed by atoms with Crippen LogP contribution in [0.3, 0.4) is 0 Å². The van der Waals surface area contributed by atoms with E-state index in [-0.39, 0.29) is 24.3 Å². The Labute approximate surface area is 507 Å². The Morgan fingerprint density at radius 1 is 0.753 bits per heavy atom. The smallest absolute Gasteiger partial charge is 0.329 e. The lowest BCUT2D eigenvalue weighted by Gasteiger charge is -2.37. The second-order valence-electron chi connectivity index (χ2n) is 21.4. The van der Waals surface area contributed by atoms with Gasteiger partial charge in [-0.1, -0.05) is 68.6 Å². The van der Waals surface area contributed by atoms with Crippen molar-refractivity contribution in [3.05, 3.63) is 134 Å². The van der Waals surface area contributed by atoms with Crippen molar-refractivity contribution in [3.63, 3.8) is 0 Å². The number of benzene rings is 4. The molecule has 85 heavy (non-hydrogen) atoms. The molecule has 3 amide bonds. The van der Waals surface area contributed by atoms with Crippen LogP contribution in [-0.2, 0) is 30.3 Å². The number of methoxy groups -OCH3 is 5. The van der Waals surface area contributed by atoms with Gasteiger partial charge in [0.1, 0.15) is 34.8 Å². The number of nitrogens with one attached hydrogen (secondary N) is 2. The molecule has 1 fully saturated rings. The van der Waals surface area contributed by atoms with E-state index in [1.165, 1.54) is 26.2 Å². The predicted molar refractivity (Wildman–Crippen MR) is 329 cm³/mol. The normalized spacial score (nSPS) is 15.7. The molecule has 2 aromatic heterocycles. The Kier molecular flexibility index (Phi) is 22.3. The van der Waals surface area contributed by atoms with E-state index in [1.807, 2.05) is 75.4 Å². The van der Waals surface area contributed by atoms with E-state index >= 15 is 0 Å². The van der Waals surface area contributed by atoms with Gasteiger partial charge in [0, 0.05) is 40.7 Å². The molecule has 454 valence electrons. The molecule has 2 N–H and O–H groups in total. The van der Waals surface area contributed by atoms with Gasteiger partial charge < -0.3 is 48.7 Å². The van der Waals surface area contributed by atoms with Crippen LogP contribution in [0.15, 0.2) is 83.9 Å². The zero-order chi connectivity index (χ0) is 60.7. The first-order chi connectivity index (χ1) is 41.2. The number of thiophene rings is 1. The number of piperidine rings is 1. The molecular weight excluding hydrogens is 1120 g/mol. The molecule has 4 aromatic carbocycles. The summed E-state index contributed by atoms with van der Waals surface area (Å²) in [6, 6.07) is 22.8. The topological polar surface area (TPSA) is 203 Å². The Morgan fingerprint density at radius 2 is 1.46 bits per heavy atom. The Bertz CT molecular complexity index is 3300. The number of aliphatic imine (C=N–C) groups is 1. The average Bonchev–Trinajstić information content (AvgIpc) is 3.32. The lowest BCUT2D eigenvalue weighted by Crippen LogP contribution is -2.50. The van der Waals surface area contributed by atoms with Crippen LogP contribution in [0.4, 0.5) is 0 Å². The van der Waals surface area contributed by atoms with E-state index in [2.05, 4.69) is 39.2 Å². The van der Waals surface area contributed by atoms with Gasteiger partial charge in [-0.2, -0.15) is 0 Å². The van der Waals surface area contributed by atoms with E-state index in [0.717, 1.165) is 77.3 Å². The van der Waals surface area contributed by atoms with Gasteiger partial charge in [-0.3, -0.25) is 23.9 Å². The van der Waals surface area contributed by atoms with Crippen molar-refractivity contribution in [2.45, 2.75) is 129 Å². The quantitative estimate of drug-likeness (QED) is 0.0347. The highest BCUT2D eigenvalue weighted by Gasteiger charge is 2.40. The molecule has 5 atom stereocenters. The van der Waals surface area contributed by atoms with Crippen molar-refractivity contribution >= 4 is 52.3 Å². The number of aromatic nitrogens is 3. The number of rotatable bonds is 28. The van der Waals surface area contributed by atoms with Gasteiger partial charge in [-0.05, 0) is 149 Å². The Balaban J connectivity index is 0.852. The highest BCUT2D eigenvalue weighted by atomic mass is 35.5. The minimum absolute atomic E-state index is 0.0867. The first-order valence-electron chi connectivity index (χ1n) is 29.3. The minimum Gasteiger partial charge on any atom is -0.493 e. The van der Waals surface area contributed by atoms with Gasteiger partial charge in [0.25, 0.3) is 5.91 Å². The number of halogens is 1. The van der Waals surface area contributed by atoms with Crippen molar-refractivity contribution < 1.29 is 52.3 Å². The average molecular weight is 1200 g/mol. The summed E-state index contributed by atoms with van der Waals surface area (Å²) in [7, 11) is 7.76. The molecule has 4 heterocycles. The SMILES string of the molecule is CC[C@H](C(=O)N1CCCC[C@H]1C(=O)O[C@H](CCc1ccc(OC)c(OC)c1)c1cccc(OCC(=O)NCCCCCCNC(=O)[C@H](CC)[C@@H]2N=C(c3ccc(Cl)cc3)c3c(sc(C)c3C)-n3c(C)nnc32)c1)c1cc(OC)c(OC)c(OC)c1. The number of nitrogens with zero attached hydrogens (tertiary/aromatic N) is 5. The van der Waals surface area contributed by atoms with Gasteiger partial charge in [0.2, 0.25) is 17.6 Å². The lowest BCUT2D eigenvalue weighted by atomic mass is 9.91. The molecule has 0 aliphatic carbocycles. The Hall–Kier alpha value is -7.64. The number of carbonyl (C=O) groups is 4. The van der Waals surface area contributed by atoms with Crippen molar-refractivity contribution in [2.75, 3.05) is 61.8 Å². The fourth-order valence-electron chi connectivity index (χ4n) is 11.3. The summed E-state index contributed by atoms with van der Waals surface area (Å²) < 4.78 is 42.4. The highest BCUT2D eigenvalue weighted by Crippen LogP contribution is 2.44. The molecule has 0 spiro atoms. The van der Waals surface area contributed by atoms with E-state index in [9.17, 15) is 19.2 Å². The van der Waals surface area contributed by atoms with Crippen molar-refractivity contribution in [1.82, 2.24) is 30.3 Å². The van der Waals surface area contributed by atoms with Gasteiger partial charge >= 0.3 is 5.97 Å². The lowest BCUT2D eigenvalue weighted by molar-refractivity contribution is -0.162. The number of hydrogen-bond acceptors (Lipinski definition) is 15. The zero-order valence-corrected chi connectivity index (χ0v) is 52.1. The number of esters is 1. The molecule has 20 heteroatoms. The first-order valence-corrected chi connectivity index (χ1v) is 30.5. The van der Waals surface area contributed by atoms with Crippen LogP contribution in [0.25, 0.3) is 5.00 Å². The summed E-state index contributed by atoms with van der Waals surface area (Å²) in [4.78, 5) is 64.5. The van der Waals surface area contributed by atoms with E-state index in [4.69, 9.17) is 49.8 Å². The summed E-state index contributed by atoms with van der Waals surface area (Å²) in [6.07, 6.45) is 6.33. The summed E-state index contributed by atoms with van der Waals surface area (Å²) >= 11 is 8.00. The number of aryl methyl sites for hydroxylation is 3. The molecule has 0 unspecified atom stereocenters. The van der Waals surface area contributed by atoms with Crippen LogP contribution in [0.2, 0.25) is 5.02 Å². The molecular formula is C65H80ClN7O11S. The van der Waals surface area contributed by atoms with Crippen LogP contribution in [0, 0.1) is 26.7 Å². The van der Waals surface area contributed by atoms with E-state index in [0.29, 0.717) is 108 Å². The fourth-order valence-corrected chi connectivity index (χ4v) is 12.6. The Morgan fingerprint density at radius 3 is 2.13 bits per heavy atom. The number of hydrogen-bond donors (Lipinski definition) is 2. The maximum absolute atomic E-state index is 14.6. The van der Waals surface area contributed by atoms with Crippen LogP contribution >= 0.6 is 22.9 Å². The maximum Gasteiger partial charge on any atom is 0.329 e. The minimum atomic E-state index is -0.813. The zero-order valence-electron chi connectivity index (χ0n) is 50.5. The molecule has 8 rings (SSSR count). The van der Waals surface area contributed by atoms with Crippen LogP contribution < -0.4 is 39.1 Å². The summed E-state index contributed by atoms with van der Waals surface area (Å²) in [5.41, 5.74) is 6.17. The number of likely N-dealkylation sites (tertiary alicyclic amines) is 1. The number of amides is 3. The molecule has 0 saturated carbocycles. The second kappa shape index (κ2) is 29.9. The van der Waals surface area contributed by atoms with Crippen molar-refractivity contribution in [1.29, 1.82) is 0 Å². The molecule has 2 aliphatic heterocycles. The van der Waals surface area contributed by atoms with Crippen LogP contribution in [-0.4, -0.2) is 117 Å². The largest absolute Gasteiger partial charge is 0.493 e. The second-order valence-corrected chi connectivity index (χ2v) is 23.0. The van der Waals surface area contributed by atoms with Gasteiger partial charge in [0.15, 0.2) is 35.4 Å². The van der Waals surface area contributed by atoms with Gasteiger partial charge in [0.05, 0.1) is 53.1 Å². The monoisotopic (exact) mass is 1200 g/mol. The number of ether oxygens (including phenoxy) is 7. The third-order valence-corrected chi connectivity index (χ3v) is 17.5. The standard InChI is InChI=1S/C65H80ClN7O11S/c1-11-48(45-36-54(80-8)60(82-10)55(37-45)81-9)63(76)72-33-18-15-22-50(72)65(77)84-51(29-23-42-24-30-52(78-6)53(34-42)79-7)44-20-19-21-47(35-44)83-38-56(74)67-31-16-13-14-17-32-68-62(75)49(12-2)59-61-71-70-41(5)73(61)64-57(39(3)40(4)85-64)58(69-59)43-25-27-46(66)28-26-43/h19-21,24-28,30,34-37,48-51,59H,11-18,22-23,29,31-33,38H2,1-10H3,(H,67,74)(H,68,75)/t48-,49+,50-,51+,59-/m0/s1. The van der Waals surface area contributed by atoms with E-state index in [1.54, 1.807) is 54.7 Å². The van der Waals surface area contributed by atoms with Crippen LogP contribution in [0.5, 0.6) is 34.5 Å². The fraction of sp³-hybridized carbons (Fsp3) is 0.462. The maximum atomic E-state index is 14.6. The third kappa shape index (κ3) is 14.9. The molecule has 0 bridgehead atoms. The van der Waals surface area contributed by atoms with Gasteiger partial charge in [-0.15, -0.1) is 21.5 Å². The summed E-state index contributed by atoms with van der Waals surface area (Å²) in [6.45, 7) is 11.2. The van der Waals surface area contributed by atoms with Crippen LogP contribution in [0.1, 0.15) is 146 Å². The predicted octanol–water partition coefficient (Wildman–Crippen LogP) is 11.5. The summed E-state index contributed by atoms with van der Waals surface area (Å²) in [5.74, 6) is 2.16. The third-order valence-electron chi connectivity index (χ3n) is 16.0. The first kappa shape index (κ1) is 63.4. The molecule has 2 aliphatic rings. The molecule has 1 saturated heterocycles. The van der Waals surface area contributed by atoms with Crippen molar-refractivity contribution in [2.24, 2.45) is 10.9 Å².